The van der Waals surface area contributed by atoms with Crippen LogP contribution in [-0.4, -0.2) is 21.1 Å². The van der Waals surface area contributed by atoms with Crippen molar-refractivity contribution in [1.29, 1.82) is 0 Å². The maximum absolute atomic E-state index is 11.6. The van der Waals surface area contributed by atoms with Gasteiger partial charge in [0, 0.05) is 7.05 Å². The van der Waals surface area contributed by atoms with Crippen LogP contribution in [0.25, 0.3) is 0 Å². The fourth-order valence-corrected chi connectivity index (χ4v) is 1.62. The first-order valence-corrected chi connectivity index (χ1v) is 4.45. The highest BCUT2D eigenvalue weighted by Gasteiger charge is 2.33. The van der Waals surface area contributed by atoms with Crippen molar-refractivity contribution in [2.45, 2.75) is 0 Å². The zero-order valence-corrected chi connectivity index (χ0v) is 8.56. The molecule has 2 rings (SSSR count). The number of Topliss-reactive ketones (excluding diaryl/α,β-unsaturated/α-hetero) is 2. The second-order valence-corrected chi connectivity index (χ2v) is 3.59. The molecule has 0 amide bonds. The fraction of sp³-hybridized carbons (Fsp3) is 0.125. The van der Waals surface area contributed by atoms with E-state index in [1.165, 1.54) is 10.9 Å². The Bertz CT molecular complexity index is 488. The number of carbonyl (C=O) groups is 2. The SMILES string of the molecule is Cn1cnc2c1C(=O)C(Cl)=C(Cl)C2=O. The van der Waals surface area contributed by atoms with Gasteiger partial charge in [-0.2, -0.15) is 0 Å². The number of aryl methyl sites for hydroxylation is 1. The highest BCUT2D eigenvalue weighted by molar-refractivity contribution is 6.59. The minimum atomic E-state index is -0.508. The van der Waals surface area contributed by atoms with Crippen LogP contribution in [0.4, 0.5) is 0 Å². The van der Waals surface area contributed by atoms with Crippen molar-refractivity contribution in [2.75, 3.05) is 0 Å². The van der Waals surface area contributed by atoms with Gasteiger partial charge in [0.2, 0.25) is 11.6 Å². The quantitative estimate of drug-likeness (QED) is 0.679. The predicted molar refractivity (Wildman–Crippen MR) is 50.6 cm³/mol. The topological polar surface area (TPSA) is 52.0 Å². The van der Waals surface area contributed by atoms with Crippen molar-refractivity contribution in [2.24, 2.45) is 7.05 Å². The largest absolute Gasteiger partial charge is 0.330 e. The van der Waals surface area contributed by atoms with Gasteiger partial charge in [-0.15, -0.1) is 0 Å². The molecule has 0 radical (unpaired) electrons. The second kappa shape index (κ2) is 2.93. The molecule has 0 saturated carbocycles. The molecule has 1 aromatic heterocycles. The molecule has 6 heteroatoms. The van der Waals surface area contributed by atoms with Gasteiger partial charge in [0.25, 0.3) is 0 Å². The number of ketones is 2. The molecule has 0 aromatic carbocycles. The minimum absolute atomic E-state index is 0.0619. The Morgan fingerprint density at radius 3 is 2.43 bits per heavy atom. The molecule has 4 nitrogen and oxygen atoms in total. The van der Waals surface area contributed by atoms with Crippen molar-refractivity contribution in [3.63, 3.8) is 0 Å². The summed E-state index contributed by atoms with van der Waals surface area (Å²) in [5.41, 5.74) is 0.247. The molecule has 0 aliphatic heterocycles. The summed E-state index contributed by atoms with van der Waals surface area (Å²) in [6.07, 6.45) is 1.38. The standard InChI is InChI=1S/C8H4Cl2N2O2/c1-12-2-11-5-6(12)8(14)4(10)3(9)7(5)13/h2H,1H3. The van der Waals surface area contributed by atoms with Crippen LogP contribution in [0.1, 0.15) is 21.0 Å². The van der Waals surface area contributed by atoms with Crippen molar-refractivity contribution in [1.82, 2.24) is 9.55 Å². The first kappa shape index (κ1) is 9.43. The summed E-state index contributed by atoms with van der Waals surface area (Å²) >= 11 is 11.2. The van der Waals surface area contributed by atoms with Crippen LogP contribution in [0, 0.1) is 0 Å². The molecule has 1 aromatic rings. The smallest absolute Gasteiger partial charge is 0.226 e. The summed E-state index contributed by atoms with van der Waals surface area (Å²) in [5, 5.41) is -0.504. The van der Waals surface area contributed by atoms with E-state index in [9.17, 15) is 9.59 Å². The Hall–Kier alpha value is -1.13. The molecule has 1 aliphatic rings. The zero-order chi connectivity index (χ0) is 10.5. The average Bonchev–Trinajstić information content (AvgIpc) is 2.54. The van der Waals surface area contributed by atoms with E-state index in [0.717, 1.165) is 0 Å². The molecule has 0 saturated heterocycles. The minimum Gasteiger partial charge on any atom is -0.330 e. The Balaban J connectivity index is 2.75. The van der Waals surface area contributed by atoms with E-state index in [4.69, 9.17) is 23.2 Å². The molecule has 0 fully saturated rings. The molecular weight excluding hydrogens is 227 g/mol. The number of fused-ring (bicyclic) bond motifs is 1. The van der Waals surface area contributed by atoms with E-state index in [1.807, 2.05) is 0 Å². The van der Waals surface area contributed by atoms with Gasteiger partial charge in [0.05, 0.1) is 6.33 Å². The third kappa shape index (κ3) is 1.04. The first-order valence-electron chi connectivity index (χ1n) is 3.70. The normalized spacial score (nSPS) is 16.2. The lowest BCUT2D eigenvalue weighted by atomic mass is 10.1. The lowest BCUT2D eigenvalue weighted by molar-refractivity contribution is 0.0979. The van der Waals surface area contributed by atoms with E-state index >= 15 is 0 Å². The van der Waals surface area contributed by atoms with Crippen LogP contribution in [0.5, 0.6) is 0 Å². The summed E-state index contributed by atoms with van der Waals surface area (Å²) in [4.78, 5) is 26.8. The Morgan fingerprint density at radius 1 is 1.21 bits per heavy atom. The maximum atomic E-state index is 11.6. The summed E-state index contributed by atoms with van der Waals surface area (Å²) in [6.45, 7) is 0. The number of hydrogen-bond donors (Lipinski definition) is 0. The Kier molecular flexibility index (Phi) is 1.97. The van der Waals surface area contributed by atoms with Gasteiger partial charge in [0.1, 0.15) is 21.5 Å². The zero-order valence-electron chi connectivity index (χ0n) is 7.04. The van der Waals surface area contributed by atoms with Crippen LogP contribution >= 0.6 is 23.2 Å². The molecule has 0 unspecified atom stereocenters. The highest BCUT2D eigenvalue weighted by Crippen LogP contribution is 2.29. The van der Waals surface area contributed by atoms with Gasteiger partial charge < -0.3 is 4.57 Å². The van der Waals surface area contributed by atoms with Gasteiger partial charge in [0.15, 0.2) is 0 Å². The van der Waals surface area contributed by atoms with E-state index < -0.39 is 11.6 Å². The predicted octanol–water partition coefficient (Wildman–Crippen LogP) is 1.49. The number of nitrogens with zero attached hydrogens (tertiary/aromatic N) is 2. The Morgan fingerprint density at radius 2 is 1.79 bits per heavy atom. The van der Waals surface area contributed by atoms with Crippen LogP contribution < -0.4 is 0 Å². The molecule has 1 aliphatic carbocycles. The number of halogens is 2. The number of allylic oxidation sites excluding steroid dienone is 2. The van der Waals surface area contributed by atoms with Crippen molar-refractivity contribution in [3.05, 3.63) is 27.8 Å². The van der Waals surface area contributed by atoms with Crippen LogP contribution in [0.2, 0.25) is 0 Å². The van der Waals surface area contributed by atoms with Gasteiger partial charge in [-0.1, -0.05) is 23.2 Å². The molecule has 14 heavy (non-hydrogen) atoms. The maximum Gasteiger partial charge on any atom is 0.226 e. The molecule has 0 atom stereocenters. The molecule has 0 spiro atoms. The van der Waals surface area contributed by atoms with Gasteiger partial charge in [-0.3, -0.25) is 9.59 Å². The third-order valence-electron chi connectivity index (χ3n) is 1.96. The van der Waals surface area contributed by atoms with Crippen LogP contribution in [0.3, 0.4) is 0 Å². The van der Waals surface area contributed by atoms with Crippen molar-refractivity contribution in [3.8, 4) is 0 Å². The third-order valence-corrected chi connectivity index (χ3v) is 2.78. The van der Waals surface area contributed by atoms with Crippen LogP contribution in [-0.2, 0) is 7.05 Å². The molecule has 0 N–H and O–H groups in total. The molecular formula is C8H4Cl2N2O2. The van der Waals surface area contributed by atoms with Gasteiger partial charge >= 0.3 is 0 Å². The molecule has 72 valence electrons. The summed E-state index contributed by atoms with van der Waals surface area (Å²) in [6, 6.07) is 0. The second-order valence-electron chi connectivity index (χ2n) is 2.84. The molecule has 0 bridgehead atoms. The number of imidazole rings is 1. The van der Waals surface area contributed by atoms with Gasteiger partial charge in [-0.05, 0) is 0 Å². The van der Waals surface area contributed by atoms with Crippen molar-refractivity contribution < 1.29 is 9.59 Å². The van der Waals surface area contributed by atoms with E-state index in [-0.39, 0.29) is 21.5 Å². The fourth-order valence-electron chi connectivity index (χ4n) is 1.27. The molecule has 1 heterocycles. The van der Waals surface area contributed by atoms with Gasteiger partial charge in [-0.25, -0.2) is 4.98 Å². The lowest BCUT2D eigenvalue weighted by Crippen LogP contribution is -2.19. The summed E-state index contributed by atoms with van der Waals surface area (Å²) < 4.78 is 1.45. The number of aromatic nitrogens is 2. The monoisotopic (exact) mass is 230 g/mol. The first-order chi connectivity index (χ1) is 6.54. The number of rotatable bonds is 0. The van der Waals surface area contributed by atoms with Crippen LogP contribution in [0.15, 0.2) is 16.4 Å². The summed E-state index contributed by atoms with van der Waals surface area (Å²) in [5.74, 6) is -0.974. The highest BCUT2D eigenvalue weighted by atomic mass is 35.5. The van der Waals surface area contributed by atoms with E-state index in [0.29, 0.717) is 0 Å². The van der Waals surface area contributed by atoms with Crippen molar-refractivity contribution >= 4 is 34.8 Å². The Labute approximate surface area is 89.1 Å². The van der Waals surface area contributed by atoms with E-state index in [1.54, 1.807) is 7.05 Å². The van der Waals surface area contributed by atoms with E-state index in [2.05, 4.69) is 4.98 Å². The lowest BCUT2D eigenvalue weighted by Gasteiger charge is -2.09. The average molecular weight is 231 g/mol. The number of hydrogen-bond acceptors (Lipinski definition) is 3. The summed E-state index contributed by atoms with van der Waals surface area (Å²) in [7, 11) is 1.61. The number of carbonyl (C=O) groups excluding carboxylic acids is 2.